The number of carboxylic acid groups (broad SMARTS) is 2. The van der Waals surface area contributed by atoms with Gasteiger partial charge >= 0.3 is 71.1 Å². The van der Waals surface area contributed by atoms with Crippen LogP contribution in [0.2, 0.25) is 0 Å². The molecule has 26 heavy (non-hydrogen) atoms. The number of unbranched alkanes of at least 4 members (excludes halogenated alkanes) is 2. The summed E-state index contributed by atoms with van der Waals surface area (Å²) in [6.45, 7) is 4.40. The molecule has 0 heterocycles. The van der Waals surface area contributed by atoms with E-state index in [9.17, 15) is 14.4 Å². The Balaban J connectivity index is -0.000000441. The summed E-state index contributed by atoms with van der Waals surface area (Å²) in [6.07, 6.45) is 3.45. The number of rotatable bonds is 16. The van der Waals surface area contributed by atoms with Crippen molar-refractivity contribution in [2.45, 2.75) is 45.4 Å². The Kier molecular flexibility index (Phi) is 25.8. The third kappa shape index (κ3) is 22.4. The minimum Gasteiger partial charge on any atom is -1.00 e. The molecule has 144 valence electrons. The average molecular weight is 394 g/mol. The molecule has 0 atom stereocenters. The van der Waals surface area contributed by atoms with Crippen molar-refractivity contribution < 1.29 is 91.3 Å². The Labute approximate surface area is 203 Å². The molecular weight excluding hydrogens is 362 g/mol. The topological polar surface area (TPSA) is 116 Å². The van der Waals surface area contributed by atoms with Crippen molar-refractivity contribution >= 4 is 17.8 Å². The van der Waals surface area contributed by atoms with E-state index < -0.39 is 11.9 Å². The molecule has 0 aliphatic rings. The van der Waals surface area contributed by atoms with Gasteiger partial charge in [0.15, 0.2) is 0 Å². The average Bonchev–Trinajstić information content (AvgIpc) is 2.51. The summed E-state index contributed by atoms with van der Waals surface area (Å²) in [5, 5.41) is 20.1. The summed E-state index contributed by atoms with van der Waals surface area (Å²) in [7, 11) is 0. The van der Waals surface area contributed by atoms with Gasteiger partial charge in [0.2, 0.25) is 5.91 Å². The van der Waals surface area contributed by atoms with Crippen molar-refractivity contribution in [3.05, 3.63) is 0 Å². The van der Waals surface area contributed by atoms with Gasteiger partial charge in [-0.15, -0.1) is 0 Å². The molecule has 10 heteroatoms. The van der Waals surface area contributed by atoms with Crippen LogP contribution >= 0.6 is 0 Å². The zero-order valence-corrected chi connectivity index (χ0v) is 20.5. The number of carbonyl (C=O) groups is 3. The first-order valence-corrected chi connectivity index (χ1v) is 8.46. The Bertz CT molecular complexity index is 396. The van der Waals surface area contributed by atoms with Crippen LogP contribution in [0, 0.1) is 0 Å². The van der Waals surface area contributed by atoms with Crippen LogP contribution in [0.3, 0.4) is 0 Å². The molecule has 0 bridgehead atoms. The first-order chi connectivity index (χ1) is 11.5. The summed E-state index contributed by atoms with van der Waals surface area (Å²) in [5.41, 5.74) is 0. The van der Waals surface area contributed by atoms with Gasteiger partial charge in [0.1, 0.15) is 0 Å². The number of aliphatic carboxylic acids is 2. The van der Waals surface area contributed by atoms with Gasteiger partial charge in [-0.2, -0.15) is 0 Å². The van der Waals surface area contributed by atoms with Gasteiger partial charge in [-0.25, -0.2) is 0 Å². The van der Waals surface area contributed by atoms with Gasteiger partial charge < -0.3 is 23.1 Å². The van der Waals surface area contributed by atoms with Gasteiger partial charge in [-0.1, -0.05) is 19.8 Å². The third-order valence-electron chi connectivity index (χ3n) is 3.41. The number of nitrogens with one attached hydrogen (secondary N) is 1. The standard InChI is InChI=1S/C16H30N2O6.2Na.2H/c1-2-3-4-5-14(19)17-8-10-18(9-6-15(20)21)11-13-24-12-7-16(22)23;;;;/h2-13H2,1H3,(H,17,19)(H,20,21)(H,22,23);;;;/q;2*+1;2*-1. The van der Waals surface area contributed by atoms with Crippen molar-refractivity contribution in [2.24, 2.45) is 0 Å². The van der Waals surface area contributed by atoms with Crippen LogP contribution in [0.25, 0.3) is 0 Å². The third-order valence-corrected chi connectivity index (χ3v) is 3.41. The van der Waals surface area contributed by atoms with Gasteiger partial charge in [-0.3, -0.25) is 19.3 Å². The van der Waals surface area contributed by atoms with Crippen LogP contribution in [-0.2, 0) is 19.1 Å². The first-order valence-electron chi connectivity index (χ1n) is 8.46. The van der Waals surface area contributed by atoms with Crippen molar-refractivity contribution in [1.82, 2.24) is 10.2 Å². The van der Waals surface area contributed by atoms with Crippen molar-refractivity contribution in [3.63, 3.8) is 0 Å². The zero-order valence-electron chi connectivity index (χ0n) is 18.5. The van der Waals surface area contributed by atoms with E-state index in [1.165, 1.54) is 0 Å². The van der Waals surface area contributed by atoms with E-state index in [-0.39, 0.29) is 87.3 Å². The monoisotopic (exact) mass is 394 g/mol. The number of nitrogens with zero attached hydrogens (tertiary/aromatic N) is 1. The molecule has 0 aromatic rings. The van der Waals surface area contributed by atoms with Crippen molar-refractivity contribution in [1.29, 1.82) is 0 Å². The van der Waals surface area contributed by atoms with Crippen LogP contribution in [0.1, 0.15) is 48.3 Å². The number of carbonyl (C=O) groups excluding carboxylic acids is 1. The van der Waals surface area contributed by atoms with Crippen LogP contribution in [0.4, 0.5) is 0 Å². The molecule has 0 aromatic heterocycles. The van der Waals surface area contributed by atoms with E-state index in [0.29, 0.717) is 39.2 Å². The maximum Gasteiger partial charge on any atom is 1.00 e. The Morgan fingerprint density at radius 3 is 2.15 bits per heavy atom. The van der Waals surface area contributed by atoms with E-state index in [2.05, 4.69) is 12.2 Å². The fourth-order valence-corrected chi connectivity index (χ4v) is 2.02. The van der Waals surface area contributed by atoms with E-state index >= 15 is 0 Å². The smallest absolute Gasteiger partial charge is 1.00 e. The minimum atomic E-state index is -0.913. The summed E-state index contributed by atoms with van der Waals surface area (Å²) in [6, 6.07) is 0. The Morgan fingerprint density at radius 1 is 0.923 bits per heavy atom. The van der Waals surface area contributed by atoms with E-state index in [4.69, 9.17) is 14.9 Å². The fourth-order valence-electron chi connectivity index (χ4n) is 2.02. The van der Waals surface area contributed by atoms with Crippen LogP contribution < -0.4 is 64.4 Å². The second-order valence-electron chi connectivity index (χ2n) is 5.55. The van der Waals surface area contributed by atoms with E-state index in [0.717, 1.165) is 19.3 Å². The normalized spacial score (nSPS) is 9.92. The number of hydrogen-bond acceptors (Lipinski definition) is 5. The molecule has 0 spiro atoms. The van der Waals surface area contributed by atoms with Crippen molar-refractivity contribution in [2.75, 3.05) is 39.4 Å². The minimum absolute atomic E-state index is 0. The van der Waals surface area contributed by atoms with Gasteiger partial charge in [0.25, 0.3) is 0 Å². The molecule has 0 aromatic carbocycles. The van der Waals surface area contributed by atoms with Gasteiger partial charge in [-0.05, 0) is 6.42 Å². The fraction of sp³-hybridized carbons (Fsp3) is 0.812. The van der Waals surface area contributed by atoms with Gasteiger partial charge in [0, 0.05) is 32.6 Å². The van der Waals surface area contributed by atoms with Gasteiger partial charge in [0.05, 0.1) is 26.1 Å². The Hall–Kier alpha value is 0.330. The van der Waals surface area contributed by atoms with Crippen LogP contribution in [0.15, 0.2) is 0 Å². The zero-order chi connectivity index (χ0) is 18.2. The maximum absolute atomic E-state index is 11.6. The van der Waals surface area contributed by atoms with Crippen LogP contribution in [-0.4, -0.2) is 72.4 Å². The number of hydrogen-bond donors (Lipinski definition) is 3. The SMILES string of the molecule is CCCCCC(=O)NCCN(CCOCCC(=O)O)CCC(=O)O.[H-].[H-].[Na+].[Na+]. The maximum atomic E-state index is 11.6. The summed E-state index contributed by atoms with van der Waals surface area (Å²) >= 11 is 0. The predicted octanol–water partition coefficient (Wildman–Crippen LogP) is -4.82. The van der Waals surface area contributed by atoms with E-state index in [1.54, 1.807) is 0 Å². The predicted molar refractivity (Wildman–Crippen MR) is 91.1 cm³/mol. The molecule has 0 fully saturated rings. The summed E-state index contributed by atoms with van der Waals surface area (Å²) in [4.78, 5) is 34.6. The molecule has 1 amide bonds. The molecule has 0 aliphatic carbocycles. The molecule has 0 radical (unpaired) electrons. The first kappa shape index (κ1) is 31.0. The Morgan fingerprint density at radius 2 is 1.58 bits per heavy atom. The second kappa shape index (κ2) is 21.6. The van der Waals surface area contributed by atoms with Crippen LogP contribution in [0.5, 0.6) is 0 Å². The largest absolute Gasteiger partial charge is 1.00 e. The van der Waals surface area contributed by atoms with Crippen molar-refractivity contribution in [3.8, 4) is 0 Å². The molecule has 0 saturated heterocycles. The number of amides is 1. The number of ether oxygens (including phenoxy) is 1. The molecule has 0 saturated carbocycles. The molecule has 8 nitrogen and oxygen atoms in total. The molecular formula is C16H32N2Na2O6. The summed E-state index contributed by atoms with van der Waals surface area (Å²) in [5.74, 6) is -1.78. The quantitative estimate of drug-likeness (QED) is 0.178. The molecule has 0 unspecified atom stereocenters. The van der Waals surface area contributed by atoms with E-state index in [1.807, 2.05) is 4.90 Å². The summed E-state index contributed by atoms with van der Waals surface area (Å²) < 4.78 is 5.22. The molecule has 0 rings (SSSR count). The number of carboxylic acids is 2. The molecule has 0 aliphatic heterocycles. The second-order valence-corrected chi connectivity index (χ2v) is 5.55. The molecule has 3 N–H and O–H groups in total.